The summed E-state index contributed by atoms with van der Waals surface area (Å²) in [5, 5.41) is 11.1. The van der Waals surface area contributed by atoms with Gasteiger partial charge in [0, 0.05) is 25.7 Å². The van der Waals surface area contributed by atoms with E-state index in [2.05, 4.69) is 20.7 Å². The standard InChI is InChI=1S/C23H28FN5O2/c1-4-25-23(27-16-17-5-10-21(30-2)22(15-17)31-3)26-13-11-19-12-14-29(28-19)20-8-6-18(24)7-9-20/h5-10,12,14-15H,4,11,13,16H2,1-3H3,(H2,25,26,27). The highest BCUT2D eigenvalue weighted by Gasteiger charge is 2.06. The number of hydrogen-bond acceptors (Lipinski definition) is 4. The lowest BCUT2D eigenvalue weighted by atomic mass is 10.2. The number of guanidine groups is 1. The Kier molecular flexibility index (Phi) is 7.86. The molecule has 0 unspecified atom stereocenters. The number of aromatic nitrogens is 2. The monoisotopic (exact) mass is 425 g/mol. The molecule has 0 bridgehead atoms. The highest BCUT2D eigenvalue weighted by Crippen LogP contribution is 2.27. The maximum Gasteiger partial charge on any atom is 0.191 e. The van der Waals surface area contributed by atoms with E-state index in [-0.39, 0.29) is 5.82 Å². The van der Waals surface area contributed by atoms with Crippen molar-refractivity contribution in [1.82, 2.24) is 20.4 Å². The summed E-state index contributed by atoms with van der Waals surface area (Å²) in [6.07, 6.45) is 2.61. The Bertz CT molecular complexity index is 1000. The highest BCUT2D eigenvalue weighted by atomic mass is 19.1. The number of benzene rings is 2. The average molecular weight is 426 g/mol. The molecule has 1 aromatic heterocycles. The van der Waals surface area contributed by atoms with Crippen LogP contribution in [-0.2, 0) is 13.0 Å². The van der Waals surface area contributed by atoms with Crippen LogP contribution in [-0.4, -0.2) is 43.0 Å². The summed E-state index contributed by atoms with van der Waals surface area (Å²) < 4.78 is 25.5. The third-order valence-electron chi connectivity index (χ3n) is 4.62. The number of nitrogens with zero attached hydrogens (tertiary/aromatic N) is 3. The Morgan fingerprint density at radius 1 is 1.03 bits per heavy atom. The molecule has 7 nitrogen and oxygen atoms in total. The molecule has 0 aliphatic rings. The maximum absolute atomic E-state index is 13.1. The normalized spacial score (nSPS) is 11.3. The zero-order valence-corrected chi connectivity index (χ0v) is 18.1. The minimum absolute atomic E-state index is 0.261. The molecule has 164 valence electrons. The Labute approximate surface area is 181 Å². The van der Waals surface area contributed by atoms with Gasteiger partial charge in [0.15, 0.2) is 17.5 Å². The lowest BCUT2D eigenvalue weighted by Gasteiger charge is -2.12. The molecule has 0 aliphatic carbocycles. The van der Waals surface area contributed by atoms with Crippen molar-refractivity contribution in [3.63, 3.8) is 0 Å². The van der Waals surface area contributed by atoms with Crippen LogP contribution in [0.2, 0.25) is 0 Å². The van der Waals surface area contributed by atoms with Crippen molar-refractivity contribution in [2.75, 3.05) is 27.3 Å². The molecule has 0 aliphatic heterocycles. The minimum atomic E-state index is -0.261. The fraction of sp³-hybridized carbons (Fsp3) is 0.304. The van der Waals surface area contributed by atoms with Crippen molar-refractivity contribution in [1.29, 1.82) is 0 Å². The van der Waals surface area contributed by atoms with Gasteiger partial charge in [-0.1, -0.05) is 6.07 Å². The van der Waals surface area contributed by atoms with Crippen LogP contribution in [0.1, 0.15) is 18.2 Å². The van der Waals surface area contributed by atoms with Crippen molar-refractivity contribution >= 4 is 5.96 Å². The molecule has 1 heterocycles. The lowest BCUT2D eigenvalue weighted by molar-refractivity contribution is 0.354. The molecule has 0 saturated carbocycles. The number of hydrogen-bond donors (Lipinski definition) is 2. The molecule has 0 amide bonds. The van der Waals surface area contributed by atoms with E-state index in [1.807, 2.05) is 37.4 Å². The van der Waals surface area contributed by atoms with E-state index in [1.165, 1.54) is 12.1 Å². The smallest absolute Gasteiger partial charge is 0.191 e. The van der Waals surface area contributed by atoms with E-state index < -0.39 is 0 Å². The molecule has 2 aromatic carbocycles. The molecule has 3 rings (SSSR count). The van der Waals surface area contributed by atoms with Crippen LogP contribution in [0.5, 0.6) is 11.5 Å². The van der Waals surface area contributed by atoms with Gasteiger partial charge < -0.3 is 20.1 Å². The lowest BCUT2D eigenvalue weighted by Crippen LogP contribution is -2.38. The summed E-state index contributed by atoms with van der Waals surface area (Å²) in [6.45, 7) is 3.97. The first-order valence-corrected chi connectivity index (χ1v) is 10.2. The van der Waals surface area contributed by atoms with Gasteiger partial charge in [0.1, 0.15) is 5.82 Å². The molecule has 0 radical (unpaired) electrons. The quantitative estimate of drug-likeness (QED) is 0.406. The van der Waals surface area contributed by atoms with Gasteiger partial charge in [-0.15, -0.1) is 0 Å². The molecular formula is C23H28FN5O2. The second kappa shape index (κ2) is 11.0. The molecular weight excluding hydrogens is 397 g/mol. The zero-order chi connectivity index (χ0) is 22.1. The molecule has 0 spiro atoms. The number of halogens is 1. The van der Waals surface area contributed by atoms with Gasteiger partial charge in [-0.05, 0) is 55.0 Å². The summed E-state index contributed by atoms with van der Waals surface area (Å²) in [5.41, 5.74) is 2.78. The first kappa shape index (κ1) is 22.1. The van der Waals surface area contributed by atoms with Gasteiger partial charge in [-0.3, -0.25) is 0 Å². The van der Waals surface area contributed by atoms with Crippen molar-refractivity contribution in [2.24, 2.45) is 4.99 Å². The van der Waals surface area contributed by atoms with E-state index in [0.29, 0.717) is 24.6 Å². The molecule has 0 fully saturated rings. The second-order valence-corrected chi connectivity index (χ2v) is 6.79. The predicted octanol–water partition coefficient (Wildman–Crippen LogP) is 3.33. The van der Waals surface area contributed by atoms with E-state index in [4.69, 9.17) is 9.47 Å². The van der Waals surface area contributed by atoms with Gasteiger partial charge in [-0.2, -0.15) is 5.10 Å². The molecule has 31 heavy (non-hydrogen) atoms. The number of methoxy groups -OCH3 is 2. The topological polar surface area (TPSA) is 72.7 Å². The van der Waals surface area contributed by atoms with Gasteiger partial charge in [-0.25, -0.2) is 14.1 Å². The summed E-state index contributed by atoms with van der Waals surface area (Å²) in [7, 11) is 3.24. The Morgan fingerprint density at radius 3 is 2.52 bits per heavy atom. The Hall–Kier alpha value is -3.55. The Morgan fingerprint density at radius 2 is 1.81 bits per heavy atom. The van der Waals surface area contributed by atoms with Crippen molar-refractivity contribution in [2.45, 2.75) is 19.9 Å². The molecule has 3 aromatic rings. The molecule has 2 N–H and O–H groups in total. The minimum Gasteiger partial charge on any atom is -0.493 e. The van der Waals surface area contributed by atoms with E-state index in [0.717, 1.165) is 35.9 Å². The summed E-state index contributed by atoms with van der Waals surface area (Å²) in [5.74, 6) is 1.85. The largest absolute Gasteiger partial charge is 0.493 e. The summed E-state index contributed by atoms with van der Waals surface area (Å²) >= 11 is 0. The number of nitrogens with one attached hydrogen (secondary N) is 2. The molecule has 0 atom stereocenters. The van der Waals surface area contributed by atoms with Crippen LogP contribution in [0.3, 0.4) is 0 Å². The van der Waals surface area contributed by atoms with Crippen molar-refractivity contribution < 1.29 is 13.9 Å². The SMILES string of the molecule is CCNC(=NCc1ccc(OC)c(OC)c1)NCCc1ccn(-c2ccc(F)cc2)n1. The zero-order valence-electron chi connectivity index (χ0n) is 18.1. The average Bonchev–Trinajstić information content (AvgIpc) is 3.26. The first-order valence-electron chi connectivity index (χ1n) is 10.2. The number of ether oxygens (including phenoxy) is 2. The van der Waals surface area contributed by atoms with Gasteiger partial charge in [0.2, 0.25) is 0 Å². The summed E-state index contributed by atoms with van der Waals surface area (Å²) in [6, 6.07) is 14.0. The van der Waals surface area contributed by atoms with Crippen molar-refractivity contribution in [3.05, 3.63) is 71.8 Å². The van der Waals surface area contributed by atoms with Crippen LogP contribution in [0.15, 0.2) is 59.7 Å². The predicted molar refractivity (Wildman–Crippen MR) is 120 cm³/mol. The third-order valence-corrected chi connectivity index (χ3v) is 4.62. The first-order chi connectivity index (χ1) is 15.1. The van der Waals surface area contributed by atoms with Crippen LogP contribution >= 0.6 is 0 Å². The van der Waals surface area contributed by atoms with Crippen LogP contribution < -0.4 is 20.1 Å². The van der Waals surface area contributed by atoms with E-state index in [9.17, 15) is 4.39 Å². The fourth-order valence-corrected chi connectivity index (χ4v) is 3.03. The fourth-order valence-electron chi connectivity index (χ4n) is 3.03. The summed E-state index contributed by atoms with van der Waals surface area (Å²) in [4.78, 5) is 4.64. The van der Waals surface area contributed by atoms with Crippen LogP contribution in [0.4, 0.5) is 4.39 Å². The van der Waals surface area contributed by atoms with E-state index >= 15 is 0 Å². The number of aliphatic imine (C=N–C) groups is 1. The number of rotatable bonds is 9. The second-order valence-electron chi connectivity index (χ2n) is 6.79. The third kappa shape index (κ3) is 6.21. The molecule has 0 saturated heterocycles. The maximum atomic E-state index is 13.1. The van der Waals surface area contributed by atoms with Crippen LogP contribution in [0.25, 0.3) is 5.69 Å². The van der Waals surface area contributed by atoms with Crippen LogP contribution in [0, 0.1) is 5.82 Å². The van der Waals surface area contributed by atoms with Gasteiger partial charge >= 0.3 is 0 Å². The van der Waals surface area contributed by atoms with Gasteiger partial charge in [0.25, 0.3) is 0 Å². The highest BCUT2D eigenvalue weighted by molar-refractivity contribution is 5.79. The van der Waals surface area contributed by atoms with E-state index in [1.54, 1.807) is 31.0 Å². The molecule has 8 heteroatoms. The van der Waals surface area contributed by atoms with Crippen molar-refractivity contribution in [3.8, 4) is 17.2 Å². The Balaban J connectivity index is 1.56. The van der Waals surface area contributed by atoms with Gasteiger partial charge in [0.05, 0.1) is 32.1 Å².